The molecule has 0 aromatic heterocycles. The van der Waals surface area contributed by atoms with E-state index in [9.17, 15) is 24.3 Å². The summed E-state index contributed by atoms with van der Waals surface area (Å²) in [6.07, 6.45) is 1.33. The van der Waals surface area contributed by atoms with Crippen molar-refractivity contribution in [3.05, 3.63) is 69.8 Å². The molecule has 2 aromatic rings. The van der Waals surface area contributed by atoms with Gasteiger partial charge in [0.2, 0.25) is 11.8 Å². The highest BCUT2D eigenvalue weighted by atomic mass is 31.2. The van der Waals surface area contributed by atoms with Gasteiger partial charge in [0.15, 0.2) is 5.28 Å². The van der Waals surface area contributed by atoms with Crippen LogP contribution in [0.15, 0.2) is 53.5 Å². The molecule has 0 bridgehead atoms. The number of anilines is 1. The molecule has 2 aliphatic heterocycles. The summed E-state index contributed by atoms with van der Waals surface area (Å²) in [5, 5.41) is 9.55. The zero-order valence-electron chi connectivity index (χ0n) is 18.9. The van der Waals surface area contributed by atoms with Gasteiger partial charge in [-0.25, -0.2) is 4.90 Å². The smallest absolute Gasteiger partial charge is 0.307 e. The van der Waals surface area contributed by atoms with Crippen LogP contribution < -0.4 is 4.90 Å². The quantitative estimate of drug-likeness (QED) is 0.237. The largest absolute Gasteiger partial charge is 0.363 e. The molecule has 2 heterocycles. The van der Waals surface area contributed by atoms with Crippen LogP contribution >= 0.6 is 7.60 Å². The zero-order chi connectivity index (χ0) is 24.7. The number of nitro benzene ring substituents is 1. The summed E-state index contributed by atoms with van der Waals surface area (Å²) in [5.41, 5.74) is 0.780. The van der Waals surface area contributed by atoms with Crippen molar-refractivity contribution in [2.45, 2.75) is 26.1 Å². The summed E-state index contributed by atoms with van der Waals surface area (Å²) in [6, 6.07) is 12.5. The molecule has 0 spiro atoms. The molecule has 0 N–H and O–H groups in total. The van der Waals surface area contributed by atoms with Crippen molar-refractivity contribution in [3.8, 4) is 0 Å². The van der Waals surface area contributed by atoms with Crippen LogP contribution in [-0.4, -0.2) is 36.2 Å². The van der Waals surface area contributed by atoms with Crippen molar-refractivity contribution in [2.24, 2.45) is 16.8 Å². The SMILES string of the molecule is CCOP(=O)(OCC)[C@]1(c2ccccc2)N=C[C@H]2C(=O)N(c3cc([N+](=O)[O-])ccc3C)C(=O)[C@H]21. The Balaban J connectivity index is 1.92. The Morgan fingerprint density at radius 2 is 1.74 bits per heavy atom. The van der Waals surface area contributed by atoms with E-state index in [2.05, 4.69) is 4.99 Å². The van der Waals surface area contributed by atoms with E-state index < -0.39 is 41.4 Å². The molecule has 2 amide bonds. The molecule has 34 heavy (non-hydrogen) atoms. The van der Waals surface area contributed by atoms with Gasteiger partial charge in [-0.15, -0.1) is 0 Å². The lowest BCUT2D eigenvalue weighted by molar-refractivity contribution is -0.384. The number of rotatable bonds is 8. The first-order chi connectivity index (χ1) is 16.2. The minimum Gasteiger partial charge on any atom is -0.307 e. The third-order valence-corrected chi connectivity index (χ3v) is 8.76. The number of carbonyl (C=O) groups excluding carboxylic acids is 2. The van der Waals surface area contributed by atoms with Crippen molar-refractivity contribution in [3.63, 3.8) is 0 Å². The summed E-state index contributed by atoms with van der Waals surface area (Å²) in [7, 11) is -4.11. The molecule has 4 rings (SSSR count). The molecular weight excluding hydrogens is 461 g/mol. The van der Waals surface area contributed by atoms with Gasteiger partial charge in [-0.2, -0.15) is 0 Å². The molecule has 10 nitrogen and oxygen atoms in total. The van der Waals surface area contributed by atoms with Crippen molar-refractivity contribution >= 4 is 37.0 Å². The highest BCUT2D eigenvalue weighted by molar-refractivity contribution is 7.55. The molecule has 0 radical (unpaired) electrons. The van der Waals surface area contributed by atoms with E-state index in [-0.39, 0.29) is 24.6 Å². The number of benzene rings is 2. The van der Waals surface area contributed by atoms with Gasteiger partial charge in [0.1, 0.15) is 0 Å². The van der Waals surface area contributed by atoms with E-state index in [1.807, 2.05) is 0 Å². The summed E-state index contributed by atoms with van der Waals surface area (Å²) in [5.74, 6) is -3.50. The Morgan fingerprint density at radius 3 is 2.32 bits per heavy atom. The van der Waals surface area contributed by atoms with Gasteiger partial charge in [-0.05, 0) is 31.9 Å². The molecule has 1 saturated heterocycles. The number of nitro groups is 1. The molecular formula is C23H24N3O7P. The highest BCUT2D eigenvalue weighted by Gasteiger charge is 2.69. The summed E-state index contributed by atoms with van der Waals surface area (Å²) in [4.78, 5) is 43.5. The Labute approximate surface area is 196 Å². The van der Waals surface area contributed by atoms with Crippen molar-refractivity contribution in [2.75, 3.05) is 18.1 Å². The van der Waals surface area contributed by atoms with Gasteiger partial charge < -0.3 is 9.05 Å². The predicted molar refractivity (Wildman–Crippen MR) is 125 cm³/mol. The maximum Gasteiger partial charge on any atom is 0.363 e. The van der Waals surface area contributed by atoms with Crippen LogP contribution in [0.5, 0.6) is 0 Å². The number of amides is 2. The second-order valence-corrected chi connectivity index (χ2v) is 10.1. The Kier molecular flexibility index (Phi) is 6.24. The van der Waals surface area contributed by atoms with Gasteiger partial charge in [0, 0.05) is 18.3 Å². The summed E-state index contributed by atoms with van der Waals surface area (Å²) in [6.45, 7) is 5.03. The topological polar surface area (TPSA) is 128 Å². The fraction of sp³-hybridized carbons (Fsp3) is 0.348. The number of aliphatic imine (C=N–C) groups is 1. The lowest BCUT2D eigenvalue weighted by atomic mass is 9.87. The summed E-state index contributed by atoms with van der Waals surface area (Å²) < 4.78 is 25.6. The minimum absolute atomic E-state index is 0.0363. The maximum atomic E-state index is 14.3. The Bertz CT molecular complexity index is 1220. The maximum absolute atomic E-state index is 14.3. The first kappa shape index (κ1) is 23.9. The van der Waals surface area contributed by atoms with Crippen LogP contribution in [0, 0.1) is 28.9 Å². The first-order valence-corrected chi connectivity index (χ1v) is 12.4. The van der Waals surface area contributed by atoms with E-state index in [1.165, 1.54) is 24.4 Å². The number of imide groups is 1. The van der Waals surface area contributed by atoms with Gasteiger partial charge in [0.25, 0.3) is 5.69 Å². The lowest BCUT2D eigenvalue weighted by Crippen LogP contribution is -2.40. The minimum atomic E-state index is -4.11. The molecule has 2 aromatic carbocycles. The van der Waals surface area contributed by atoms with Gasteiger partial charge in [-0.1, -0.05) is 36.4 Å². The number of fused-ring (bicyclic) bond motifs is 1. The number of nitrogens with zero attached hydrogens (tertiary/aromatic N) is 3. The standard InChI is InChI=1S/C23H24N3O7P/c1-4-32-34(31,33-5-2)23(16-9-7-6-8-10-16)20-18(14-24-23)21(27)25(22(20)28)19-13-17(26(29)30)12-11-15(19)3/h6-14,18,20H,4-5H2,1-3H3/t18-,20+,23+/m1/s1. The molecule has 11 heteroatoms. The molecule has 178 valence electrons. The molecule has 3 atom stereocenters. The Morgan fingerprint density at radius 1 is 1.09 bits per heavy atom. The average molecular weight is 485 g/mol. The van der Waals surface area contributed by atoms with Crippen LogP contribution in [-0.2, 0) is 28.5 Å². The van der Waals surface area contributed by atoms with Crippen molar-refractivity contribution in [1.82, 2.24) is 0 Å². The number of aryl methyl sites for hydroxylation is 1. The fourth-order valence-corrected chi connectivity index (χ4v) is 7.07. The molecule has 0 unspecified atom stereocenters. The molecule has 2 aliphatic rings. The van der Waals surface area contributed by atoms with E-state index >= 15 is 0 Å². The normalized spacial score (nSPS) is 24.0. The Hall–Kier alpha value is -3.20. The second kappa shape index (κ2) is 8.87. The van der Waals surface area contributed by atoms with E-state index in [0.717, 1.165) is 4.90 Å². The van der Waals surface area contributed by atoms with Gasteiger partial charge >= 0.3 is 7.60 Å². The van der Waals surface area contributed by atoms with Crippen LogP contribution in [0.1, 0.15) is 25.0 Å². The van der Waals surface area contributed by atoms with Crippen LogP contribution in [0.2, 0.25) is 0 Å². The van der Waals surface area contributed by atoms with Crippen LogP contribution in [0.3, 0.4) is 0 Å². The third kappa shape index (κ3) is 3.41. The number of hydrogen-bond acceptors (Lipinski definition) is 8. The molecule has 0 saturated carbocycles. The van der Waals surface area contributed by atoms with Crippen LogP contribution in [0.25, 0.3) is 0 Å². The number of hydrogen-bond donors (Lipinski definition) is 0. The van der Waals surface area contributed by atoms with E-state index in [0.29, 0.717) is 11.1 Å². The average Bonchev–Trinajstić information content (AvgIpc) is 3.33. The third-order valence-electron chi connectivity index (χ3n) is 6.08. The predicted octanol–water partition coefficient (Wildman–Crippen LogP) is 4.21. The van der Waals surface area contributed by atoms with Crippen LogP contribution in [0.4, 0.5) is 11.4 Å². The molecule has 1 fully saturated rings. The van der Waals surface area contributed by atoms with E-state index in [1.54, 1.807) is 51.1 Å². The van der Waals surface area contributed by atoms with E-state index in [4.69, 9.17) is 9.05 Å². The van der Waals surface area contributed by atoms with Gasteiger partial charge in [0.05, 0.1) is 35.7 Å². The fourth-order valence-electron chi connectivity index (χ4n) is 4.64. The second-order valence-electron chi connectivity index (χ2n) is 7.95. The number of carbonyl (C=O) groups is 2. The van der Waals surface area contributed by atoms with Gasteiger partial charge in [-0.3, -0.25) is 29.3 Å². The first-order valence-electron chi connectivity index (χ1n) is 10.8. The highest BCUT2D eigenvalue weighted by Crippen LogP contribution is 2.72. The van der Waals surface area contributed by atoms with Crippen molar-refractivity contribution < 1.29 is 28.1 Å². The number of non-ortho nitro benzene ring substituents is 1. The summed E-state index contributed by atoms with van der Waals surface area (Å²) >= 11 is 0. The zero-order valence-corrected chi connectivity index (χ0v) is 19.8. The van der Waals surface area contributed by atoms with Crippen molar-refractivity contribution in [1.29, 1.82) is 0 Å². The monoisotopic (exact) mass is 485 g/mol. The lowest BCUT2D eigenvalue weighted by Gasteiger charge is -2.37. The molecule has 0 aliphatic carbocycles.